The van der Waals surface area contributed by atoms with Gasteiger partial charge in [0.05, 0.1) is 30.0 Å². The van der Waals surface area contributed by atoms with Crippen LogP contribution in [-0.2, 0) is 13.0 Å². The summed E-state index contributed by atoms with van der Waals surface area (Å²) in [6.07, 6.45) is 0.948. The first-order chi connectivity index (χ1) is 16.1. The van der Waals surface area contributed by atoms with Crippen molar-refractivity contribution in [3.8, 4) is 22.1 Å². The van der Waals surface area contributed by atoms with Gasteiger partial charge in [-0.05, 0) is 42.8 Å². The van der Waals surface area contributed by atoms with Crippen LogP contribution in [0.1, 0.15) is 27.7 Å². The van der Waals surface area contributed by atoms with E-state index in [2.05, 4.69) is 23.2 Å². The number of thiophene rings is 1. The number of para-hydroxylation sites is 2. The van der Waals surface area contributed by atoms with Gasteiger partial charge in [0.15, 0.2) is 11.5 Å². The highest BCUT2D eigenvalue weighted by molar-refractivity contribution is 7.23. The number of nitrogens with zero attached hydrogens (tertiary/aromatic N) is 2. The standard InChI is InChI=1S/C25H25N3O3S2.ClH/c1-4-28-13-12-15-20(14-28)33-25(21(15)24-26-17-9-5-6-11-19(17)32-24)27-23(29)16-8-7-10-18(30-2)22(16)31-3;/h5-11H,4,12-14H2,1-3H3,(H,27,29);1H. The molecular formula is C25H26ClN3O3S2. The van der Waals surface area contributed by atoms with Crippen molar-refractivity contribution in [2.75, 3.05) is 32.6 Å². The van der Waals surface area contributed by atoms with E-state index in [9.17, 15) is 4.79 Å². The summed E-state index contributed by atoms with van der Waals surface area (Å²) in [7, 11) is 3.11. The third-order valence-electron chi connectivity index (χ3n) is 5.97. The number of anilines is 1. The fourth-order valence-electron chi connectivity index (χ4n) is 4.26. The molecule has 4 aromatic rings. The molecule has 1 aliphatic rings. The molecule has 0 aliphatic carbocycles. The fraction of sp³-hybridized carbons (Fsp3) is 0.280. The van der Waals surface area contributed by atoms with Crippen LogP contribution in [0.2, 0.25) is 0 Å². The summed E-state index contributed by atoms with van der Waals surface area (Å²) >= 11 is 3.32. The van der Waals surface area contributed by atoms with Crippen LogP contribution in [0.4, 0.5) is 5.00 Å². The normalized spacial score (nSPS) is 13.3. The molecule has 1 N–H and O–H groups in total. The Bertz CT molecular complexity index is 1300. The number of hydrogen-bond acceptors (Lipinski definition) is 7. The molecule has 9 heteroatoms. The summed E-state index contributed by atoms with van der Waals surface area (Å²) in [6, 6.07) is 13.5. The SMILES string of the molecule is CCN1CCc2c(sc(NC(=O)c3cccc(OC)c3OC)c2-c2nc3ccccc3s2)C1.Cl. The summed E-state index contributed by atoms with van der Waals surface area (Å²) in [4.78, 5) is 22.0. The van der Waals surface area contributed by atoms with Crippen molar-refractivity contribution in [1.82, 2.24) is 9.88 Å². The van der Waals surface area contributed by atoms with E-state index in [4.69, 9.17) is 14.5 Å². The number of nitrogens with one attached hydrogen (secondary N) is 1. The van der Waals surface area contributed by atoms with E-state index in [1.165, 1.54) is 10.4 Å². The zero-order chi connectivity index (χ0) is 22.9. The summed E-state index contributed by atoms with van der Waals surface area (Å²) in [5.41, 5.74) is 3.78. The Kier molecular flexibility index (Phi) is 7.42. The van der Waals surface area contributed by atoms with Gasteiger partial charge in [0.25, 0.3) is 5.91 Å². The minimum atomic E-state index is -0.223. The summed E-state index contributed by atoms with van der Waals surface area (Å²) < 4.78 is 12.0. The highest BCUT2D eigenvalue weighted by Crippen LogP contribution is 2.46. The highest BCUT2D eigenvalue weighted by atomic mass is 35.5. The molecule has 3 heterocycles. The number of halogens is 1. The predicted octanol–water partition coefficient (Wildman–Crippen LogP) is 6.09. The summed E-state index contributed by atoms with van der Waals surface area (Å²) in [5, 5.41) is 4.97. The molecule has 0 unspecified atom stereocenters. The van der Waals surface area contributed by atoms with Crippen molar-refractivity contribution in [3.63, 3.8) is 0 Å². The number of carbonyl (C=O) groups excluding carboxylic acids is 1. The molecule has 0 atom stereocenters. The summed E-state index contributed by atoms with van der Waals surface area (Å²) in [6.45, 7) is 5.10. The number of carbonyl (C=O) groups is 1. The van der Waals surface area contributed by atoms with Gasteiger partial charge < -0.3 is 14.8 Å². The molecule has 2 aromatic heterocycles. The van der Waals surface area contributed by atoms with E-state index in [0.29, 0.717) is 17.1 Å². The van der Waals surface area contributed by atoms with Gasteiger partial charge in [-0.1, -0.05) is 25.1 Å². The number of methoxy groups -OCH3 is 2. The van der Waals surface area contributed by atoms with Crippen molar-refractivity contribution in [2.24, 2.45) is 0 Å². The van der Waals surface area contributed by atoms with Crippen LogP contribution in [0, 0.1) is 0 Å². The first-order valence-electron chi connectivity index (χ1n) is 10.9. The third-order valence-corrected chi connectivity index (χ3v) is 8.15. The molecule has 178 valence electrons. The molecular weight excluding hydrogens is 490 g/mol. The molecule has 1 aliphatic heterocycles. The number of amides is 1. The first-order valence-corrected chi connectivity index (χ1v) is 12.5. The molecule has 0 saturated carbocycles. The number of benzene rings is 2. The van der Waals surface area contributed by atoms with Crippen molar-refractivity contribution in [1.29, 1.82) is 0 Å². The molecule has 0 saturated heterocycles. The quantitative estimate of drug-likeness (QED) is 0.336. The monoisotopic (exact) mass is 515 g/mol. The van der Waals surface area contributed by atoms with Gasteiger partial charge in [-0.25, -0.2) is 4.98 Å². The minimum absolute atomic E-state index is 0. The second kappa shape index (κ2) is 10.3. The second-order valence-corrected chi connectivity index (χ2v) is 9.94. The number of likely N-dealkylation sites (N-methyl/N-ethyl adjacent to an activating group) is 1. The van der Waals surface area contributed by atoms with Gasteiger partial charge in [0.1, 0.15) is 10.0 Å². The van der Waals surface area contributed by atoms with Gasteiger partial charge in [-0.2, -0.15) is 0 Å². The lowest BCUT2D eigenvalue weighted by atomic mass is 10.0. The maximum absolute atomic E-state index is 13.4. The van der Waals surface area contributed by atoms with Crippen LogP contribution in [0.15, 0.2) is 42.5 Å². The van der Waals surface area contributed by atoms with E-state index in [0.717, 1.165) is 51.8 Å². The Hall–Kier alpha value is -2.65. The maximum Gasteiger partial charge on any atom is 0.260 e. The van der Waals surface area contributed by atoms with Crippen LogP contribution < -0.4 is 14.8 Å². The van der Waals surface area contributed by atoms with Crippen molar-refractivity contribution < 1.29 is 14.3 Å². The Morgan fingerprint density at radius 1 is 1.12 bits per heavy atom. The maximum atomic E-state index is 13.4. The Morgan fingerprint density at radius 3 is 2.68 bits per heavy atom. The van der Waals surface area contributed by atoms with Gasteiger partial charge in [0.2, 0.25) is 0 Å². The van der Waals surface area contributed by atoms with Crippen LogP contribution in [0.3, 0.4) is 0 Å². The number of ether oxygens (including phenoxy) is 2. The number of fused-ring (bicyclic) bond motifs is 2. The molecule has 1 amide bonds. The molecule has 0 radical (unpaired) electrons. The van der Waals surface area contributed by atoms with E-state index in [1.54, 1.807) is 55.1 Å². The molecule has 5 rings (SSSR count). The summed E-state index contributed by atoms with van der Waals surface area (Å²) in [5.74, 6) is 0.733. The average molecular weight is 516 g/mol. The second-order valence-electron chi connectivity index (χ2n) is 7.81. The lowest BCUT2D eigenvalue weighted by molar-refractivity contribution is 0.102. The van der Waals surface area contributed by atoms with Gasteiger partial charge in [-0.3, -0.25) is 9.69 Å². The first kappa shape index (κ1) is 24.5. The highest BCUT2D eigenvalue weighted by Gasteiger charge is 2.28. The lowest BCUT2D eigenvalue weighted by Crippen LogP contribution is -2.29. The number of rotatable bonds is 6. The zero-order valence-corrected chi connectivity index (χ0v) is 21.7. The van der Waals surface area contributed by atoms with Crippen LogP contribution in [-0.4, -0.2) is 43.1 Å². The topological polar surface area (TPSA) is 63.7 Å². The van der Waals surface area contributed by atoms with E-state index in [1.807, 2.05) is 18.2 Å². The molecule has 0 spiro atoms. The molecule has 0 fully saturated rings. The lowest BCUT2D eigenvalue weighted by Gasteiger charge is -2.25. The Morgan fingerprint density at radius 2 is 1.94 bits per heavy atom. The smallest absolute Gasteiger partial charge is 0.260 e. The van der Waals surface area contributed by atoms with E-state index < -0.39 is 0 Å². The van der Waals surface area contributed by atoms with E-state index in [-0.39, 0.29) is 18.3 Å². The van der Waals surface area contributed by atoms with Gasteiger partial charge in [0, 0.05) is 23.5 Å². The van der Waals surface area contributed by atoms with Gasteiger partial charge in [-0.15, -0.1) is 35.1 Å². The molecule has 6 nitrogen and oxygen atoms in total. The van der Waals surface area contributed by atoms with Crippen LogP contribution in [0.5, 0.6) is 11.5 Å². The van der Waals surface area contributed by atoms with Gasteiger partial charge >= 0.3 is 0 Å². The van der Waals surface area contributed by atoms with Crippen LogP contribution in [0.25, 0.3) is 20.8 Å². The minimum Gasteiger partial charge on any atom is -0.493 e. The van der Waals surface area contributed by atoms with Crippen LogP contribution >= 0.6 is 35.1 Å². The number of hydrogen-bond donors (Lipinski definition) is 1. The molecule has 0 bridgehead atoms. The van der Waals surface area contributed by atoms with Crippen molar-refractivity contribution in [2.45, 2.75) is 19.9 Å². The van der Waals surface area contributed by atoms with Crippen molar-refractivity contribution in [3.05, 3.63) is 58.5 Å². The number of aromatic nitrogens is 1. The average Bonchev–Trinajstić information content (AvgIpc) is 3.43. The largest absolute Gasteiger partial charge is 0.493 e. The third kappa shape index (κ3) is 4.38. The Labute approximate surface area is 212 Å². The number of thiazole rings is 1. The Balaban J connectivity index is 0.00000274. The fourth-order valence-corrected chi connectivity index (χ4v) is 6.65. The molecule has 34 heavy (non-hydrogen) atoms. The zero-order valence-electron chi connectivity index (χ0n) is 19.2. The predicted molar refractivity (Wildman–Crippen MR) is 142 cm³/mol. The van der Waals surface area contributed by atoms with Crippen molar-refractivity contribution >= 4 is 56.2 Å². The molecule has 2 aromatic carbocycles. The van der Waals surface area contributed by atoms with E-state index >= 15 is 0 Å².